The molecule has 0 aliphatic heterocycles. The van der Waals surface area contributed by atoms with Crippen LogP contribution >= 0.6 is 0 Å². The molecular formula is C12H14N4O. The number of hydrogen-bond acceptors (Lipinski definition) is 3. The number of hydrogen-bond donors (Lipinski definition) is 2. The zero-order valence-corrected chi connectivity index (χ0v) is 9.77. The lowest BCUT2D eigenvalue weighted by molar-refractivity contribution is 0.0953. The Morgan fingerprint density at radius 1 is 1.35 bits per heavy atom. The highest BCUT2D eigenvalue weighted by Gasteiger charge is 2.07. The van der Waals surface area contributed by atoms with E-state index in [4.69, 9.17) is 5.84 Å². The number of carbonyl (C=O) groups is 1. The van der Waals surface area contributed by atoms with Gasteiger partial charge in [-0.2, -0.15) is 5.10 Å². The molecule has 0 aliphatic carbocycles. The Hall–Kier alpha value is -2.14. The summed E-state index contributed by atoms with van der Waals surface area (Å²) in [5.41, 5.74) is 5.43. The van der Waals surface area contributed by atoms with Crippen molar-refractivity contribution in [2.75, 3.05) is 0 Å². The zero-order chi connectivity index (χ0) is 12.4. The minimum atomic E-state index is -0.312. The van der Waals surface area contributed by atoms with Gasteiger partial charge >= 0.3 is 0 Å². The highest BCUT2D eigenvalue weighted by atomic mass is 16.2. The molecule has 0 bridgehead atoms. The monoisotopic (exact) mass is 230 g/mol. The molecule has 0 spiro atoms. The van der Waals surface area contributed by atoms with Crippen LogP contribution in [0.15, 0.2) is 30.3 Å². The molecule has 0 saturated heterocycles. The number of aromatic nitrogens is 2. The van der Waals surface area contributed by atoms with E-state index in [0.717, 1.165) is 17.1 Å². The predicted molar refractivity (Wildman–Crippen MR) is 64.7 cm³/mol. The molecule has 1 aromatic carbocycles. The first kappa shape index (κ1) is 11.3. The lowest BCUT2D eigenvalue weighted by Gasteiger charge is -2.06. The molecule has 5 heteroatoms. The molecule has 0 radical (unpaired) electrons. The van der Waals surface area contributed by atoms with E-state index >= 15 is 0 Å². The summed E-state index contributed by atoms with van der Waals surface area (Å²) in [5, 5.41) is 4.36. The minimum absolute atomic E-state index is 0.312. The van der Waals surface area contributed by atoms with Crippen LogP contribution in [0.1, 0.15) is 21.7 Å². The summed E-state index contributed by atoms with van der Waals surface area (Å²) in [6, 6.07) is 9.14. The molecule has 2 aromatic rings. The predicted octanol–water partition coefficient (Wildman–Crippen LogP) is 1.09. The van der Waals surface area contributed by atoms with Crippen LogP contribution in [0.25, 0.3) is 5.69 Å². The van der Waals surface area contributed by atoms with E-state index in [-0.39, 0.29) is 5.91 Å². The lowest BCUT2D eigenvalue weighted by atomic mass is 10.2. The second kappa shape index (κ2) is 4.39. The quantitative estimate of drug-likeness (QED) is 0.461. The number of nitrogens with two attached hydrogens (primary N) is 1. The van der Waals surface area contributed by atoms with E-state index < -0.39 is 0 Å². The molecule has 0 saturated carbocycles. The number of nitrogen functional groups attached to an aromatic ring is 1. The van der Waals surface area contributed by atoms with E-state index in [1.54, 1.807) is 22.9 Å². The number of nitrogens with zero attached hydrogens (tertiary/aromatic N) is 2. The van der Waals surface area contributed by atoms with Crippen LogP contribution < -0.4 is 11.3 Å². The van der Waals surface area contributed by atoms with E-state index in [2.05, 4.69) is 10.5 Å². The van der Waals surface area contributed by atoms with Crippen LogP contribution in [0.5, 0.6) is 0 Å². The Morgan fingerprint density at radius 2 is 2.12 bits per heavy atom. The molecule has 1 heterocycles. The van der Waals surface area contributed by atoms with Crippen molar-refractivity contribution in [1.29, 1.82) is 0 Å². The molecule has 0 fully saturated rings. The van der Waals surface area contributed by atoms with Gasteiger partial charge in [0.25, 0.3) is 5.91 Å². The number of nitrogens with one attached hydrogen (secondary N) is 1. The smallest absolute Gasteiger partial charge is 0.265 e. The normalized spacial score (nSPS) is 10.3. The summed E-state index contributed by atoms with van der Waals surface area (Å²) < 4.78 is 1.79. The van der Waals surface area contributed by atoms with Gasteiger partial charge in [0.2, 0.25) is 0 Å². The van der Waals surface area contributed by atoms with Gasteiger partial charge in [-0.15, -0.1) is 0 Å². The van der Waals surface area contributed by atoms with Crippen LogP contribution in [0.3, 0.4) is 0 Å². The summed E-state index contributed by atoms with van der Waals surface area (Å²) in [6.07, 6.45) is 0. The zero-order valence-electron chi connectivity index (χ0n) is 9.77. The van der Waals surface area contributed by atoms with Crippen LogP contribution in [0, 0.1) is 13.8 Å². The maximum atomic E-state index is 11.4. The molecule has 2 rings (SSSR count). The Bertz CT molecular complexity index is 559. The maximum Gasteiger partial charge on any atom is 0.265 e. The second-order valence-corrected chi connectivity index (χ2v) is 3.86. The first-order valence-electron chi connectivity index (χ1n) is 5.26. The fraction of sp³-hybridized carbons (Fsp3) is 0.167. The van der Waals surface area contributed by atoms with Crippen molar-refractivity contribution in [1.82, 2.24) is 15.2 Å². The van der Waals surface area contributed by atoms with Crippen molar-refractivity contribution < 1.29 is 4.79 Å². The molecule has 17 heavy (non-hydrogen) atoms. The third-order valence-electron chi connectivity index (χ3n) is 2.49. The van der Waals surface area contributed by atoms with Gasteiger partial charge in [0.1, 0.15) is 0 Å². The number of carbonyl (C=O) groups excluding carboxylic acids is 1. The summed E-state index contributed by atoms with van der Waals surface area (Å²) in [5.74, 6) is 4.79. The lowest BCUT2D eigenvalue weighted by Crippen LogP contribution is -2.30. The fourth-order valence-electron chi connectivity index (χ4n) is 1.75. The van der Waals surface area contributed by atoms with Crippen molar-refractivity contribution >= 4 is 5.91 Å². The average molecular weight is 230 g/mol. The van der Waals surface area contributed by atoms with Gasteiger partial charge < -0.3 is 0 Å². The SMILES string of the molecule is Cc1cc(C)n(-c2cccc(C(=O)NN)c2)n1. The van der Waals surface area contributed by atoms with Gasteiger partial charge in [-0.05, 0) is 38.1 Å². The first-order chi connectivity index (χ1) is 8.11. The molecular weight excluding hydrogens is 216 g/mol. The van der Waals surface area contributed by atoms with Crippen LogP contribution in [-0.4, -0.2) is 15.7 Å². The molecule has 1 amide bonds. The van der Waals surface area contributed by atoms with Crippen LogP contribution in [0.4, 0.5) is 0 Å². The van der Waals surface area contributed by atoms with Gasteiger partial charge in [0.15, 0.2) is 0 Å². The summed E-state index contributed by atoms with van der Waals surface area (Å²) in [4.78, 5) is 11.4. The van der Waals surface area contributed by atoms with Crippen molar-refractivity contribution in [3.05, 3.63) is 47.3 Å². The number of benzene rings is 1. The van der Waals surface area contributed by atoms with Gasteiger partial charge in [0.05, 0.1) is 11.4 Å². The van der Waals surface area contributed by atoms with E-state index in [1.165, 1.54) is 0 Å². The topological polar surface area (TPSA) is 72.9 Å². The molecule has 3 N–H and O–H groups in total. The van der Waals surface area contributed by atoms with E-state index in [0.29, 0.717) is 5.56 Å². The third kappa shape index (κ3) is 2.19. The summed E-state index contributed by atoms with van der Waals surface area (Å²) >= 11 is 0. The molecule has 5 nitrogen and oxygen atoms in total. The Labute approximate surface area is 99.2 Å². The van der Waals surface area contributed by atoms with Gasteiger partial charge in [-0.3, -0.25) is 10.2 Å². The minimum Gasteiger partial charge on any atom is -0.290 e. The Morgan fingerprint density at radius 3 is 2.71 bits per heavy atom. The van der Waals surface area contributed by atoms with Crippen molar-refractivity contribution in [3.63, 3.8) is 0 Å². The van der Waals surface area contributed by atoms with Crippen molar-refractivity contribution in [3.8, 4) is 5.69 Å². The Balaban J connectivity index is 2.46. The summed E-state index contributed by atoms with van der Waals surface area (Å²) in [6.45, 7) is 3.90. The highest BCUT2D eigenvalue weighted by molar-refractivity contribution is 5.94. The molecule has 1 aromatic heterocycles. The molecule has 0 aliphatic rings. The maximum absolute atomic E-state index is 11.4. The number of aryl methyl sites for hydroxylation is 2. The van der Waals surface area contributed by atoms with E-state index in [1.807, 2.05) is 26.0 Å². The van der Waals surface area contributed by atoms with Gasteiger partial charge in [-0.1, -0.05) is 6.07 Å². The van der Waals surface area contributed by atoms with Gasteiger partial charge in [0, 0.05) is 11.3 Å². The standard InChI is InChI=1S/C12H14N4O/c1-8-6-9(2)16(15-8)11-5-3-4-10(7-11)12(17)14-13/h3-7H,13H2,1-2H3,(H,14,17). The number of amides is 1. The largest absolute Gasteiger partial charge is 0.290 e. The first-order valence-corrected chi connectivity index (χ1v) is 5.26. The van der Waals surface area contributed by atoms with Crippen LogP contribution in [-0.2, 0) is 0 Å². The second-order valence-electron chi connectivity index (χ2n) is 3.86. The average Bonchev–Trinajstić information content (AvgIpc) is 2.67. The number of rotatable bonds is 2. The highest BCUT2D eigenvalue weighted by Crippen LogP contribution is 2.13. The third-order valence-corrected chi connectivity index (χ3v) is 2.49. The number of hydrazine groups is 1. The van der Waals surface area contributed by atoms with Crippen molar-refractivity contribution in [2.45, 2.75) is 13.8 Å². The Kier molecular flexibility index (Phi) is 2.93. The molecule has 0 unspecified atom stereocenters. The van der Waals surface area contributed by atoms with Crippen molar-refractivity contribution in [2.24, 2.45) is 5.84 Å². The van der Waals surface area contributed by atoms with Gasteiger partial charge in [-0.25, -0.2) is 10.5 Å². The fourth-order valence-corrected chi connectivity index (χ4v) is 1.75. The van der Waals surface area contributed by atoms with Crippen LogP contribution in [0.2, 0.25) is 0 Å². The molecule has 88 valence electrons. The van der Waals surface area contributed by atoms with E-state index in [9.17, 15) is 4.79 Å². The summed E-state index contributed by atoms with van der Waals surface area (Å²) in [7, 11) is 0. The molecule has 0 atom stereocenters.